The van der Waals surface area contributed by atoms with Crippen LogP contribution in [0.25, 0.3) is 0 Å². The third kappa shape index (κ3) is 3.67. The van der Waals surface area contributed by atoms with E-state index in [-0.39, 0.29) is 24.5 Å². The number of aliphatic hydroxyl groups excluding tert-OH is 1. The summed E-state index contributed by atoms with van der Waals surface area (Å²) >= 11 is 0. The van der Waals surface area contributed by atoms with Crippen LogP contribution in [0, 0.1) is 5.92 Å². The summed E-state index contributed by atoms with van der Waals surface area (Å²) in [5, 5.41) is 12.5. The normalized spacial score (nSPS) is 21.8. The maximum absolute atomic E-state index is 12.5. The quantitative estimate of drug-likeness (QED) is 0.724. The summed E-state index contributed by atoms with van der Waals surface area (Å²) in [5.41, 5.74) is 6.81. The molecule has 2 atom stereocenters. The lowest BCUT2D eigenvalue weighted by atomic mass is 9.85. The van der Waals surface area contributed by atoms with Gasteiger partial charge in [-0.25, -0.2) is 0 Å². The SMILES string of the molecule is CCOc1c(N)cccc1C(=O)NC1CCCCC1CO. The summed E-state index contributed by atoms with van der Waals surface area (Å²) < 4.78 is 5.50. The fourth-order valence-corrected chi connectivity index (χ4v) is 2.90. The van der Waals surface area contributed by atoms with E-state index >= 15 is 0 Å². The van der Waals surface area contributed by atoms with Crippen LogP contribution < -0.4 is 15.8 Å². The Morgan fingerprint density at radius 2 is 2.19 bits per heavy atom. The van der Waals surface area contributed by atoms with Crippen molar-refractivity contribution < 1.29 is 14.6 Å². The van der Waals surface area contributed by atoms with E-state index in [4.69, 9.17) is 10.5 Å². The first-order valence-electron chi connectivity index (χ1n) is 7.60. The molecule has 2 rings (SSSR count). The van der Waals surface area contributed by atoms with E-state index in [1.807, 2.05) is 6.92 Å². The minimum atomic E-state index is -0.184. The van der Waals surface area contributed by atoms with Crippen LogP contribution in [0.1, 0.15) is 43.0 Å². The molecular weight excluding hydrogens is 268 g/mol. The third-order valence-electron chi connectivity index (χ3n) is 4.04. The van der Waals surface area contributed by atoms with Crippen molar-refractivity contribution in [1.82, 2.24) is 5.32 Å². The Bertz CT molecular complexity index is 490. The molecule has 21 heavy (non-hydrogen) atoms. The maximum Gasteiger partial charge on any atom is 0.255 e. The Balaban J connectivity index is 2.14. The third-order valence-corrected chi connectivity index (χ3v) is 4.04. The minimum absolute atomic E-state index is 0.0205. The molecular formula is C16H24N2O3. The Hall–Kier alpha value is -1.75. The molecule has 2 unspecified atom stereocenters. The molecule has 1 aliphatic carbocycles. The van der Waals surface area contributed by atoms with Gasteiger partial charge < -0.3 is 20.9 Å². The van der Waals surface area contributed by atoms with Gasteiger partial charge in [0.25, 0.3) is 5.91 Å². The lowest BCUT2D eigenvalue weighted by molar-refractivity contribution is 0.0869. The van der Waals surface area contributed by atoms with Crippen molar-refractivity contribution in [2.45, 2.75) is 38.6 Å². The molecule has 1 aromatic rings. The van der Waals surface area contributed by atoms with E-state index in [1.165, 1.54) is 0 Å². The smallest absolute Gasteiger partial charge is 0.255 e. The lowest BCUT2D eigenvalue weighted by Crippen LogP contribution is -2.43. The van der Waals surface area contributed by atoms with Crippen LogP contribution in [0.5, 0.6) is 5.75 Å². The van der Waals surface area contributed by atoms with E-state index in [0.29, 0.717) is 23.6 Å². The topological polar surface area (TPSA) is 84.6 Å². The van der Waals surface area contributed by atoms with Gasteiger partial charge in [-0.2, -0.15) is 0 Å². The van der Waals surface area contributed by atoms with E-state index in [1.54, 1.807) is 18.2 Å². The number of carbonyl (C=O) groups excluding carboxylic acids is 1. The fourth-order valence-electron chi connectivity index (χ4n) is 2.90. The Kier molecular flexibility index (Phi) is 5.44. The number of para-hydroxylation sites is 1. The molecule has 0 bridgehead atoms. The molecule has 0 aromatic heterocycles. The standard InChI is InChI=1S/C16H24N2O3/c1-2-21-15-12(7-5-8-13(15)17)16(20)18-14-9-4-3-6-11(14)10-19/h5,7-8,11,14,19H,2-4,6,9-10,17H2,1H3,(H,18,20). The largest absolute Gasteiger partial charge is 0.491 e. The van der Waals surface area contributed by atoms with Crippen LogP contribution in [-0.4, -0.2) is 30.3 Å². The van der Waals surface area contributed by atoms with Gasteiger partial charge >= 0.3 is 0 Å². The lowest BCUT2D eigenvalue weighted by Gasteiger charge is -2.31. The number of amides is 1. The first-order chi connectivity index (χ1) is 10.2. The van der Waals surface area contributed by atoms with Crippen LogP contribution >= 0.6 is 0 Å². The average molecular weight is 292 g/mol. The number of benzene rings is 1. The van der Waals surface area contributed by atoms with Crippen molar-refractivity contribution in [3.63, 3.8) is 0 Å². The highest BCUT2D eigenvalue weighted by molar-refractivity contribution is 5.98. The summed E-state index contributed by atoms with van der Waals surface area (Å²) in [6.45, 7) is 2.43. The number of aliphatic hydroxyl groups is 1. The number of nitrogen functional groups attached to an aromatic ring is 1. The molecule has 1 aromatic carbocycles. The molecule has 116 valence electrons. The number of ether oxygens (including phenoxy) is 1. The van der Waals surface area contributed by atoms with Crippen molar-refractivity contribution in [2.24, 2.45) is 5.92 Å². The second kappa shape index (κ2) is 7.31. The van der Waals surface area contributed by atoms with Gasteiger partial charge in [0.15, 0.2) is 5.75 Å². The van der Waals surface area contributed by atoms with Gasteiger partial charge in [0.2, 0.25) is 0 Å². The van der Waals surface area contributed by atoms with Crippen LogP contribution in [0.15, 0.2) is 18.2 Å². The average Bonchev–Trinajstić information content (AvgIpc) is 2.50. The van der Waals surface area contributed by atoms with E-state index < -0.39 is 0 Å². The van der Waals surface area contributed by atoms with E-state index in [9.17, 15) is 9.90 Å². The highest BCUT2D eigenvalue weighted by atomic mass is 16.5. The molecule has 1 amide bonds. The van der Waals surface area contributed by atoms with Gasteiger partial charge in [0.1, 0.15) is 0 Å². The first-order valence-corrected chi connectivity index (χ1v) is 7.60. The number of carbonyl (C=O) groups is 1. The number of rotatable bonds is 5. The predicted octanol–water partition coefficient (Wildman–Crippen LogP) is 1.95. The van der Waals surface area contributed by atoms with Crippen LogP contribution in [0.3, 0.4) is 0 Å². The summed E-state index contributed by atoms with van der Waals surface area (Å²) in [7, 11) is 0. The van der Waals surface area contributed by atoms with Crippen molar-refractivity contribution >= 4 is 11.6 Å². The molecule has 0 heterocycles. The zero-order valence-corrected chi connectivity index (χ0v) is 12.5. The van der Waals surface area contributed by atoms with Gasteiger partial charge in [-0.15, -0.1) is 0 Å². The second-order valence-electron chi connectivity index (χ2n) is 5.46. The van der Waals surface area contributed by atoms with Gasteiger partial charge in [0, 0.05) is 18.6 Å². The molecule has 0 spiro atoms. The van der Waals surface area contributed by atoms with Gasteiger partial charge in [-0.3, -0.25) is 4.79 Å². The monoisotopic (exact) mass is 292 g/mol. The molecule has 1 aliphatic rings. The molecule has 0 aliphatic heterocycles. The second-order valence-corrected chi connectivity index (χ2v) is 5.46. The zero-order chi connectivity index (χ0) is 15.2. The van der Waals surface area contributed by atoms with E-state index in [0.717, 1.165) is 25.7 Å². The highest BCUT2D eigenvalue weighted by Gasteiger charge is 2.27. The van der Waals surface area contributed by atoms with E-state index in [2.05, 4.69) is 5.32 Å². The molecule has 5 heteroatoms. The molecule has 5 nitrogen and oxygen atoms in total. The van der Waals surface area contributed by atoms with Crippen LogP contribution in [-0.2, 0) is 0 Å². The van der Waals surface area contributed by atoms with Crippen LogP contribution in [0.2, 0.25) is 0 Å². The molecule has 1 saturated carbocycles. The summed E-state index contributed by atoms with van der Waals surface area (Å²) in [6.07, 6.45) is 4.05. The molecule has 1 fully saturated rings. The zero-order valence-electron chi connectivity index (χ0n) is 12.5. The number of nitrogens with one attached hydrogen (secondary N) is 1. The van der Waals surface area contributed by atoms with Gasteiger partial charge in [-0.1, -0.05) is 18.9 Å². The Labute approximate surface area is 125 Å². The van der Waals surface area contributed by atoms with Crippen molar-refractivity contribution in [3.05, 3.63) is 23.8 Å². The summed E-state index contributed by atoms with van der Waals surface area (Å²) in [5.74, 6) is 0.393. The maximum atomic E-state index is 12.5. The summed E-state index contributed by atoms with van der Waals surface area (Å²) in [4.78, 5) is 12.5. The van der Waals surface area contributed by atoms with Gasteiger partial charge in [-0.05, 0) is 31.9 Å². The summed E-state index contributed by atoms with van der Waals surface area (Å²) in [6, 6.07) is 5.20. The highest BCUT2D eigenvalue weighted by Crippen LogP contribution is 2.28. The first kappa shape index (κ1) is 15.6. The predicted molar refractivity (Wildman–Crippen MR) is 82.3 cm³/mol. The van der Waals surface area contributed by atoms with Crippen molar-refractivity contribution in [3.8, 4) is 5.75 Å². The van der Waals surface area contributed by atoms with Crippen molar-refractivity contribution in [1.29, 1.82) is 0 Å². The minimum Gasteiger partial charge on any atom is -0.491 e. The number of hydrogen-bond donors (Lipinski definition) is 3. The Morgan fingerprint density at radius 3 is 2.90 bits per heavy atom. The van der Waals surface area contributed by atoms with Crippen LogP contribution in [0.4, 0.5) is 5.69 Å². The molecule has 4 N–H and O–H groups in total. The fraction of sp³-hybridized carbons (Fsp3) is 0.562. The molecule has 0 saturated heterocycles. The number of hydrogen-bond acceptors (Lipinski definition) is 4. The Morgan fingerprint density at radius 1 is 1.43 bits per heavy atom. The number of nitrogens with two attached hydrogens (primary N) is 1. The number of anilines is 1. The van der Waals surface area contributed by atoms with Gasteiger partial charge in [0.05, 0.1) is 17.9 Å². The van der Waals surface area contributed by atoms with Crippen molar-refractivity contribution in [2.75, 3.05) is 18.9 Å². The molecule has 0 radical (unpaired) electrons.